The van der Waals surface area contributed by atoms with Crippen LogP contribution < -0.4 is 5.73 Å². The van der Waals surface area contributed by atoms with Gasteiger partial charge in [-0.15, -0.1) is 0 Å². The SMILES string of the molecule is Nc1cc(F)c(-c2cc(Cl)ccc2Cl)cn1. The molecule has 0 amide bonds. The topological polar surface area (TPSA) is 38.9 Å². The van der Waals surface area contributed by atoms with Gasteiger partial charge in [-0.25, -0.2) is 9.37 Å². The molecule has 0 spiro atoms. The highest BCUT2D eigenvalue weighted by Gasteiger charge is 2.10. The number of hydrogen-bond acceptors (Lipinski definition) is 2. The molecule has 1 aromatic carbocycles. The summed E-state index contributed by atoms with van der Waals surface area (Å²) in [6, 6.07) is 5.97. The molecule has 0 atom stereocenters. The minimum Gasteiger partial charge on any atom is -0.384 e. The zero-order chi connectivity index (χ0) is 11.7. The first-order chi connectivity index (χ1) is 7.58. The molecule has 1 heterocycles. The lowest BCUT2D eigenvalue weighted by Crippen LogP contribution is -1.93. The van der Waals surface area contributed by atoms with Gasteiger partial charge in [0.25, 0.3) is 0 Å². The Bertz CT molecular complexity index is 544. The van der Waals surface area contributed by atoms with Crippen molar-refractivity contribution in [1.82, 2.24) is 4.98 Å². The number of nitrogens with two attached hydrogens (primary N) is 1. The number of benzene rings is 1. The van der Waals surface area contributed by atoms with Crippen LogP contribution in [0, 0.1) is 5.82 Å². The van der Waals surface area contributed by atoms with Crippen molar-refractivity contribution in [2.45, 2.75) is 0 Å². The molecule has 0 radical (unpaired) electrons. The number of pyridine rings is 1. The molecule has 0 unspecified atom stereocenters. The second-order valence-corrected chi connectivity index (χ2v) is 4.06. The van der Waals surface area contributed by atoms with Crippen LogP contribution in [0.2, 0.25) is 10.0 Å². The maximum atomic E-state index is 13.6. The van der Waals surface area contributed by atoms with Crippen molar-refractivity contribution in [2.24, 2.45) is 0 Å². The van der Waals surface area contributed by atoms with E-state index in [0.29, 0.717) is 15.6 Å². The smallest absolute Gasteiger partial charge is 0.136 e. The Morgan fingerprint density at radius 2 is 1.88 bits per heavy atom. The van der Waals surface area contributed by atoms with Gasteiger partial charge in [0.1, 0.15) is 11.6 Å². The Morgan fingerprint density at radius 3 is 2.56 bits per heavy atom. The number of nitrogen functional groups attached to an aromatic ring is 1. The molecular weight excluding hydrogens is 250 g/mol. The molecule has 2 aromatic rings. The average molecular weight is 257 g/mol. The molecule has 0 bridgehead atoms. The van der Waals surface area contributed by atoms with Crippen LogP contribution in [0.25, 0.3) is 11.1 Å². The molecule has 0 fully saturated rings. The van der Waals surface area contributed by atoms with E-state index in [1.54, 1.807) is 18.2 Å². The van der Waals surface area contributed by atoms with Gasteiger partial charge in [0, 0.05) is 33.4 Å². The zero-order valence-electron chi connectivity index (χ0n) is 8.05. The summed E-state index contributed by atoms with van der Waals surface area (Å²) in [5.41, 5.74) is 6.14. The second-order valence-electron chi connectivity index (χ2n) is 3.21. The number of anilines is 1. The van der Waals surface area contributed by atoms with E-state index in [2.05, 4.69) is 4.98 Å². The van der Waals surface area contributed by atoms with E-state index in [0.717, 1.165) is 6.07 Å². The van der Waals surface area contributed by atoms with Crippen molar-refractivity contribution in [3.05, 3.63) is 46.3 Å². The largest absolute Gasteiger partial charge is 0.384 e. The van der Waals surface area contributed by atoms with Gasteiger partial charge in [-0.3, -0.25) is 0 Å². The Balaban J connectivity index is 2.62. The molecule has 1 aromatic heterocycles. The van der Waals surface area contributed by atoms with Crippen molar-refractivity contribution in [1.29, 1.82) is 0 Å². The minimum atomic E-state index is -0.475. The Kier molecular flexibility index (Phi) is 2.99. The quantitative estimate of drug-likeness (QED) is 0.844. The summed E-state index contributed by atoms with van der Waals surface area (Å²) in [6.07, 6.45) is 1.34. The average Bonchev–Trinajstić information content (AvgIpc) is 2.22. The van der Waals surface area contributed by atoms with E-state index >= 15 is 0 Å². The summed E-state index contributed by atoms with van der Waals surface area (Å²) in [5.74, 6) is -0.351. The fourth-order valence-corrected chi connectivity index (χ4v) is 1.74. The summed E-state index contributed by atoms with van der Waals surface area (Å²) in [6.45, 7) is 0. The molecule has 16 heavy (non-hydrogen) atoms. The fraction of sp³-hybridized carbons (Fsp3) is 0. The van der Waals surface area contributed by atoms with Crippen molar-refractivity contribution in [2.75, 3.05) is 5.73 Å². The maximum absolute atomic E-state index is 13.6. The minimum absolute atomic E-state index is 0.124. The summed E-state index contributed by atoms with van der Waals surface area (Å²) in [5, 5.41) is 0.894. The first-order valence-electron chi connectivity index (χ1n) is 4.44. The molecule has 0 saturated heterocycles. The second kappa shape index (κ2) is 4.28. The van der Waals surface area contributed by atoms with Gasteiger partial charge in [0.05, 0.1) is 0 Å². The lowest BCUT2D eigenvalue weighted by atomic mass is 10.1. The van der Waals surface area contributed by atoms with Gasteiger partial charge in [0.2, 0.25) is 0 Å². The van der Waals surface area contributed by atoms with E-state index in [9.17, 15) is 4.39 Å². The van der Waals surface area contributed by atoms with E-state index in [-0.39, 0.29) is 11.4 Å². The molecule has 0 saturated carbocycles. The third-order valence-corrected chi connectivity index (χ3v) is 2.66. The van der Waals surface area contributed by atoms with Gasteiger partial charge >= 0.3 is 0 Å². The van der Waals surface area contributed by atoms with E-state index in [1.807, 2.05) is 0 Å². The van der Waals surface area contributed by atoms with Gasteiger partial charge in [-0.2, -0.15) is 0 Å². The van der Waals surface area contributed by atoms with E-state index < -0.39 is 5.82 Å². The molecule has 82 valence electrons. The Labute approximate surface area is 102 Å². The summed E-state index contributed by atoms with van der Waals surface area (Å²) < 4.78 is 13.6. The zero-order valence-corrected chi connectivity index (χ0v) is 9.56. The van der Waals surface area contributed by atoms with Crippen LogP contribution in [0.1, 0.15) is 0 Å². The number of halogens is 3. The van der Waals surface area contributed by atoms with E-state index in [4.69, 9.17) is 28.9 Å². The molecule has 0 aliphatic rings. The Morgan fingerprint density at radius 1 is 1.12 bits per heavy atom. The lowest BCUT2D eigenvalue weighted by molar-refractivity contribution is 0.630. The number of nitrogens with zero attached hydrogens (tertiary/aromatic N) is 1. The third-order valence-electron chi connectivity index (χ3n) is 2.09. The van der Waals surface area contributed by atoms with Crippen molar-refractivity contribution < 1.29 is 4.39 Å². The van der Waals surface area contributed by atoms with Crippen LogP contribution in [0.3, 0.4) is 0 Å². The molecule has 2 N–H and O–H groups in total. The van der Waals surface area contributed by atoms with Crippen LogP contribution in [0.4, 0.5) is 10.2 Å². The maximum Gasteiger partial charge on any atom is 0.136 e. The number of rotatable bonds is 1. The highest BCUT2D eigenvalue weighted by molar-refractivity contribution is 6.35. The third kappa shape index (κ3) is 2.10. The van der Waals surface area contributed by atoms with Crippen LogP contribution in [0.15, 0.2) is 30.5 Å². The molecular formula is C11H7Cl2FN2. The predicted molar refractivity (Wildman–Crippen MR) is 64.1 cm³/mol. The van der Waals surface area contributed by atoms with Crippen LogP contribution in [-0.2, 0) is 0 Å². The molecule has 0 aliphatic carbocycles. The first-order valence-corrected chi connectivity index (χ1v) is 5.20. The fourth-order valence-electron chi connectivity index (χ4n) is 1.35. The summed E-state index contributed by atoms with van der Waals surface area (Å²) >= 11 is 11.8. The van der Waals surface area contributed by atoms with Crippen LogP contribution in [0.5, 0.6) is 0 Å². The van der Waals surface area contributed by atoms with Crippen molar-refractivity contribution in [3.8, 4) is 11.1 Å². The molecule has 5 heteroatoms. The Hall–Kier alpha value is -1.32. The lowest BCUT2D eigenvalue weighted by Gasteiger charge is -2.06. The first kappa shape index (κ1) is 11.2. The highest BCUT2D eigenvalue weighted by Crippen LogP contribution is 2.32. The van der Waals surface area contributed by atoms with Crippen LogP contribution in [-0.4, -0.2) is 4.98 Å². The normalized spacial score (nSPS) is 10.4. The number of hydrogen-bond donors (Lipinski definition) is 1. The van der Waals surface area contributed by atoms with Crippen molar-refractivity contribution in [3.63, 3.8) is 0 Å². The monoisotopic (exact) mass is 256 g/mol. The molecule has 0 aliphatic heterocycles. The van der Waals surface area contributed by atoms with Gasteiger partial charge in [0.15, 0.2) is 0 Å². The van der Waals surface area contributed by atoms with Crippen LogP contribution >= 0.6 is 23.2 Å². The van der Waals surface area contributed by atoms with Crippen molar-refractivity contribution >= 4 is 29.0 Å². The van der Waals surface area contributed by atoms with Gasteiger partial charge in [-0.1, -0.05) is 23.2 Å². The van der Waals surface area contributed by atoms with E-state index in [1.165, 1.54) is 6.20 Å². The predicted octanol–water partition coefficient (Wildman–Crippen LogP) is 3.78. The molecule has 2 rings (SSSR count). The summed E-state index contributed by atoms with van der Waals surface area (Å²) in [7, 11) is 0. The van der Waals surface area contributed by atoms with Gasteiger partial charge < -0.3 is 5.73 Å². The number of aromatic nitrogens is 1. The standard InChI is InChI=1S/C11H7Cl2FN2/c12-6-1-2-9(13)7(3-6)8-5-16-11(15)4-10(8)14/h1-5H,(H2,15,16). The molecule has 2 nitrogen and oxygen atoms in total. The highest BCUT2D eigenvalue weighted by atomic mass is 35.5. The van der Waals surface area contributed by atoms with Gasteiger partial charge in [-0.05, 0) is 18.2 Å². The summed E-state index contributed by atoms with van der Waals surface area (Å²) in [4.78, 5) is 3.82.